The van der Waals surface area contributed by atoms with Gasteiger partial charge in [0, 0.05) is 17.9 Å². The zero-order chi connectivity index (χ0) is 17.4. The van der Waals surface area contributed by atoms with Crippen molar-refractivity contribution in [3.05, 3.63) is 75.4 Å². The predicted octanol–water partition coefficient (Wildman–Crippen LogP) is 2.22. The van der Waals surface area contributed by atoms with Crippen LogP contribution in [0.15, 0.2) is 51.7 Å². The molecule has 0 radical (unpaired) electrons. The molecule has 1 atom stereocenters. The number of nitrogens with one attached hydrogen (secondary N) is 1. The highest BCUT2D eigenvalue weighted by atomic mass is 19.1. The molecular weight excluding hydrogens is 321 g/mol. The van der Waals surface area contributed by atoms with E-state index < -0.39 is 0 Å². The van der Waals surface area contributed by atoms with Crippen molar-refractivity contribution in [1.82, 2.24) is 0 Å². The van der Waals surface area contributed by atoms with E-state index in [1.54, 1.807) is 12.1 Å². The molecule has 1 aromatic heterocycles. The molecule has 3 aromatic rings. The summed E-state index contributed by atoms with van der Waals surface area (Å²) in [5.41, 5.74) is 3.08. The average molecular weight is 340 g/mol. The van der Waals surface area contributed by atoms with E-state index in [0.29, 0.717) is 18.9 Å². The molecule has 0 saturated heterocycles. The lowest BCUT2D eigenvalue weighted by molar-refractivity contribution is -0.932. The number of halogens is 1. The zero-order valence-corrected chi connectivity index (χ0v) is 14.0. The average Bonchev–Trinajstić information content (AvgIpc) is 2.59. The van der Waals surface area contributed by atoms with Crippen LogP contribution in [-0.4, -0.2) is 13.3 Å². The monoisotopic (exact) mass is 340 g/mol. The van der Waals surface area contributed by atoms with Gasteiger partial charge in [-0.2, -0.15) is 0 Å². The highest BCUT2D eigenvalue weighted by Crippen LogP contribution is 2.29. The fourth-order valence-electron chi connectivity index (χ4n) is 3.38. The molecule has 1 aliphatic heterocycles. The first-order valence-electron chi connectivity index (χ1n) is 8.37. The Balaban J connectivity index is 1.59. The van der Waals surface area contributed by atoms with Crippen molar-refractivity contribution in [2.75, 3.05) is 13.3 Å². The number of aryl methyl sites for hydroxylation is 1. The Hall–Kier alpha value is -2.66. The number of ether oxygens (including phenoxy) is 1. The van der Waals surface area contributed by atoms with E-state index in [1.165, 1.54) is 17.0 Å². The maximum atomic E-state index is 13.3. The van der Waals surface area contributed by atoms with Gasteiger partial charge in [-0.25, -0.2) is 9.18 Å². The van der Waals surface area contributed by atoms with Crippen LogP contribution in [0.3, 0.4) is 0 Å². The van der Waals surface area contributed by atoms with Crippen LogP contribution in [0.5, 0.6) is 5.75 Å². The van der Waals surface area contributed by atoms with E-state index in [0.717, 1.165) is 40.8 Å². The quantitative estimate of drug-likeness (QED) is 0.744. The number of hydrogen-bond acceptors (Lipinski definition) is 3. The van der Waals surface area contributed by atoms with E-state index >= 15 is 0 Å². The molecule has 2 aromatic carbocycles. The summed E-state index contributed by atoms with van der Waals surface area (Å²) in [6.07, 6.45) is 0.763. The van der Waals surface area contributed by atoms with Crippen LogP contribution in [0.2, 0.25) is 0 Å². The number of quaternary nitrogens is 1. The van der Waals surface area contributed by atoms with Crippen molar-refractivity contribution in [2.45, 2.75) is 19.9 Å². The van der Waals surface area contributed by atoms with Gasteiger partial charge in [-0.3, -0.25) is 4.90 Å². The standard InChI is InChI=1S/C20H18FNO3/c1-13-9-19(23)25-20-16(13)5-6-18-17(20)11-22(12-24-18)8-7-14-3-2-4-15(21)10-14/h2-6,9-10H,7-8,11-12H2,1H3/p+1. The molecule has 4 nitrogen and oxygen atoms in total. The van der Waals surface area contributed by atoms with Crippen LogP contribution >= 0.6 is 0 Å². The normalized spacial score (nSPS) is 16.5. The maximum Gasteiger partial charge on any atom is 0.336 e. The molecule has 25 heavy (non-hydrogen) atoms. The second kappa shape index (κ2) is 6.33. The first-order chi connectivity index (χ1) is 12.1. The molecule has 1 unspecified atom stereocenters. The van der Waals surface area contributed by atoms with Crippen molar-refractivity contribution in [3.63, 3.8) is 0 Å². The molecule has 0 bridgehead atoms. The van der Waals surface area contributed by atoms with Crippen molar-refractivity contribution in [3.8, 4) is 5.75 Å². The molecule has 0 fully saturated rings. The molecule has 5 heteroatoms. The fraction of sp³-hybridized carbons (Fsp3) is 0.250. The van der Waals surface area contributed by atoms with Crippen LogP contribution in [0.25, 0.3) is 11.0 Å². The predicted molar refractivity (Wildman–Crippen MR) is 92.4 cm³/mol. The first kappa shape index (κ1) is 15.8. The van der Waals surface area contributed by atoms with Crippen molar-refractivity contribution < 1.29 is 18.4 Å². The minimum atomic E-state index is -0.342. The van der Waals surface area contributed by atoms with E-state index in [9.17, 15) is 9.18 Å². The van der Waals surface area contributed by atoms with Crippen molar-refractivity contribution in [2.24, 2.45) is 0 Å². The molecule has 0 saturated carbocycles. The number of fused-ring (bicyclic) bond motifs is 3. The minimum Gasteiger partial charge on any atom is -0.445 e. The van der Waals surface area contributed by atoms with E-state index in [1.807, 2.05) is 25.1 Å². The molecule has 0 amide bonds. The van der Waals surface area contributed by atoms with Crippen LogP contribution in [0.1, 0.15) is 16.7 Å². The largest absolute Gasteiger partial charge is 0.445 e. The van der Waals surface area contributed by atoms with Crippen LogP contribution in [0.4, 0.5) is 4.39 Å². The lowest BCUT2D eigenvalue weighted by atomic mass is 10.0. The van der Waals surface area contributed by atoms with Gasteiger partial charge in [0.1, 0.15) is 18.1 Å². The van der Waals surface area contributed by atoms with Gasteiger partial charge >= 0.3 is 5.63 Å². The van der Waals surface area contributed by atoms with Gasteiger partial charge in [-0.05, 0) is 42.3 Å². The SMILES string of the molecule is Cc1cc(=O)oc2c3c(ccc12)OC[NH+](CCc1cccc(F)c1)C3. The van der Waals surface area contributed by atoms with Crippen molar-refractivity contribution >= 4 is 11.0 Å². The second-order valence-corrected chi connectivity index (χ2v) is 6.51. The molecule has 0 aliphatic carbocycles. The molecular formula is C20H19FNO3+. The van der Waals surface area contributed by atoms with Gasteiger partial charge in [-0.1, -0.05) is 12.1 Å². The summed E-state index contributed by atoms with van der Waals surface area (Å²) in [6.45, 7) is 3.98. The van der Waals surface area contributed by atoms with Crippen LogP contribution in [0, 0.1) is 12.7 Å². The Labute approximate surface area is 144 Å². The maximum absolute atomic E-state index is 13.3. The smallest absolute Gasteiger partial charge is 0.336 e. The number of benzene rings is 2. The molecule has 1 aliphatic rings. The van der Waals surface area contributed by atoms with E-state index in [-0.39, 0.29) is 11.4 Å². The lowest BCUT2D eigenvalue weighted by Gasteiger charge is -2.26. The Bertz CT molecular complexity index is 996. The van der Waals surface area contributed by atoms with E-state index in [4.69, 9.17) is 9.15 Å². The molecule has 0 spiro atoms. The third-order valence-electron chi connectivity index (χ3n) is 4.69. The number of hydrogen-bond donors (Lipinski definition) is 1. The Morgan fingerprint density at radius 2 is 2.08 bits per heavy atom. The summed E-state index contributed by atoms with van der Waals surface area (Å²) in [7, 11) is 0. The molecule has 128 valence electrons. The van der Waals surface area contributed by atoms with Gasteiger partial charge in [-0.15, -0.1) is 0 Å². The molecule has 4 rings (SSSR count). The van der Waals surface area contributed by atoms with Gasteiger partial charge in [0.25, 0.3) is 0 Å². The molecule has 1 N–H and O–H groups in total. The molecule has 2 heterocycles. The summed E-state index contributed by atoms with van der Waals surface area (Å²) in [5.74, 6) is 0.562. The van der Waals surface area contributed by atoms with Crippen LogP contribution < -0.4 is 15.3 Å². The Morgan fingerprint density at radius 3 is 2.92 bits per heavy atom. The third-order valence-corrected chi connectivity index (χ3v) is 4.69. The highest BCUT2D eigenvalue weighted by molar-refractivity contribution is 5.84. The second-order valence-electron chi connectivity index (χ2n) is 6.51. The lowest BCUT2D eigenvalue weighted by Crippen LogP contribution is -3.12. The van der Waals surface area contributed by atoms with E-state index in [2.05, 4.69) is 0 Å². The summed E-state index contributed by atoms with van der Waals surface area (Å²) >= 11 is 0. The van der Waals surface area contributed by atoms with Gasteiger partial charge in [0.05, 0.1) is 12.1 Å². The summed E-state index contributed by atoms with van der Waals surface area (Å²) < 4.78 is 24.6. The summed E-state index contributed by atoms with van der Waals surface area (Å²) in [5, 5.41) is 0.938. The first-order valence-corrected chi connectivity index (χ1v) is 8.37. The summed E-state index contributed by atoms with van der Waals surface area (Å²) in [4.78, 5) is 13.0. The van der Waals surface area contributed by atoms with Gasteiger partial charge in [0.15, 0.2) is 5.58 Å². The zero-order valence-electron chi connectivity index (χ0n) is 14.0. The highest BCUT2D eigenvalue weighted by Gasteiger charge is 2.24. The summed E-state index contributed by atoms with van der Waals surface area (Å²) in [6, 6.07) is 12.1. The fourth-order valence-corrected chi connectivity index (χ4v) is 3.38. The third kappa shape index (κ3) is 3.15. The Morgan fingerprint density at radius 1 is 1.20 bits per heavy atom. The minimum absolute atomic E-state index is 0.212. The van der Waals surface area contributed by atoms with Gasteiger partial charge in [0.2, 0.25) is 6.73 Å². The van der Waals surface area contributed by atoms with Crippen LogP contribution in [-0.2, 0) is 13.0 Å². The topological polar surface area (TPSA) is 43.9 Å². The number of rotatable bonds is 3. The van der Waals surface area contributed by atoms with Crippen molar-refractivity contribution in [1.29, 1.82) is 0 Å². The Kier molecular flexibility index (Phi) is 4.01. The van der Waals surface area contributed by atoms with Gasteiger partial charge < -0.3 is 9.15 Å².